The standard InChI is InChI=1S/C15H20N2O/c1-14(2)13(18)17(12-6-4-3-5-7-12)11-15(8-9-15)10-16-14/h3-7,16H,8-11H2,1-2H3. The first-order chi connectivity index (χ1) is 8.53. The lowest BCUT2D eigenvalue weighted by Crippen LogP contribution is -2.51. The molecule has 1 saturated carbocycles. The minimum absolute atomic E-state index is 0.178. The van der Waals surface area contributed by atoms with Gasteiger partial charge in [-0.25, -0.2) is 0 Å². The van der Waals surface area contributed by atoms with Gasteiger partial charge in [-0.2, -0.15) is 0 Å². The Balaban J connectivity index is 1.97. The smallest absolute Gasteiger partial charge is 0.246 e. The van der Waals surface area contributed by atoms with Crippen LogP contribution in [0.3, 0.4) is 0 Å². The van der Waals surface area contributed by atoms with Gasteiger partial charge in [0, 0.05) is 24.2 Å². The van der Waals surface area contributed by atoms with Crippen molar-refractivity contribution in [3.63, 3.8) is 0 Å². The van der Waals surface area contributed by atoms with Gasteiger partial charge in [0.2, 0.25) is 5.91 Å². The van der Waals surface area contributed by atoms with Crippen molar-refractivity contribution < 1.29 is 4.79 Å². The summed E-state index contributed by atoms with van der Waals surface area (Å²) in [4.78, 5) is 14.6. The van der Waals surface area contributed by atoms with Crippen molar-refractivity contribution in [2.45, 2.75) is 32.2 Å². The van der Waals surface area contributed by atoms with Crippen LogP contribution in [-0.4, -0.2) is 24.5 Å². The summed E-state index contributed by atoms with van der Waals surface area (Å²) < 4.78 is 0. The summed E-state index contributed by atoms with van der Waals surface area (Å²) in [6.07, 6.45) is 2.46. The van der Waals surface area contributed by atoms with Crippen LogP contribution in [-0.2, 0) is 4.79 Å². The number of rotatable bonds is 1. The van der Waals surface area contributed by atoms with Gasteiger partial charge >= 0.3 is 0 Å². The van der Waals surface area contributed by atoms with E-state index in [1.807, 2.05) is 49.1 Å². The number of carbonyl (C=O) groups excluding carboxylic acids is 1. The van der Waals surface area contributed by atoms with Crippen LogP contribution in [0.2, 0.25) is 0 Å². The van der Waals surface area contributed by atoms with Crippen LogP contribution in [0, 0.1) is 5.41 Å². The van der Waals surface area contributed by atoms with Crippen molar-refractivity contribution >= 4 is 11.6 Å². The normalized spacial score (nSPS) is 25.0. The lowest BCUT2D eigenvalue weighted by atomic mass is 10.0. The van der Waals surface area contributed by atoms with Crippen molar-refractivity contribution in [1.82, 2.24) is 5.32 Å². The molecule has 3 rings (SSSR count). The minimum Gasteiger partial charge on any atom is -0.310 e. The Morgan fingerprint density at radius 1 is 1.17 bits per heavy atom. The lowest BCUT2D eigenvalue weighted by Gasteiger charge is -2.29. The van der Waals surface area contributed by atoms with E-state index in [1.54, 1.807) is 0 Å². The minimum atomic E-state index is -0.470. The summed E-state index contributed by atoms with van der Waals surface area (Å²) in [6, 6.07) is 10.0. The second-order valence-corrected chi connectivity index (χ2v) is 6.21. The fourth-order valence-corrected chi connectivity index (χ4v) is 2.61. The zero-order valence-corrected chi connectivity index (χ0v) is 11.1. The van der Waals surface area contributed by atoms with E-state index in [4.69, 9.17) is 0 Å². The molecule has 0 atom stereocenters. The second kappa shape index (κ2) is 3.82. The first-order valence-corrected chi connectivity index (χ1v) is 6.65. The molecule has 1 amide bonds. The third-order valence-electron chi connectivity index (χ3n) is 4.20. The van der Waals surface area contributed by atoms with Gasteiger partial charge in [-0.15, -0.1) is 0 Å². The highest BCUT2D eigenvalue weighted by atomic mass is 16.2. The Labute approximate surface area is 108 Å². The van der Waals surface area contributed by atoms with Crippen molar-refractivity contribution in [2.24, 2.45) is 5.41 Å². The number of benzene rings is 1. The summed E-state index contributed by atoms with van der Waals surface area (Å²) in [5.74, 6) is 0.178. The van der Waals surface area contributed by atoms with Gasteiger partial charge < -0.3 is 10.2 Å². The number of amides is 1. The molecule has 1 heterocycles. The van der Waals surface area contributed by atoms with E-state index < -0.39 is 5.54 Å². The highest BCUT2D eigenvalue weighted by Crippen LogP contribution is 2.48. The molecule has 1 aromatic carbocycles. The Hall–Kier alpha value is -1.35. The lowest BCUT2D eigenvalue weighted by molar-refractivity contribution is -0.123. The van der Waals surface area contributed by atoms with E-state index in [1.165, 1.54) is 12.8 Å². The Bertz CT molecular complexity index is 463. The molecule has 3 heteroatoms. The van der Waals surface area contributed by atoms with E-state index in [-0.39, 0.29) is 5.91 Å². The Morgan fingerprint density at radius 2 is 1.83 bits per heavy atom. The number of nitrogens with zero attached hydrogens (tertiary/aromatic N) is 1. The largest absolute Gasteiger partial charge is 0.310 e. The van der Waals surface area contributed by atoms with E-state index in [0.29, 0.717) is 5.41 Å². The van der Waals surface area contributed by atoms with Crippen LogP contribution in [0.1, 0.15) is 26.7 Å². The number of carbonyl (C=O) groups is 1. The van der Waals surface area contributed by atoms with Gasteiger partial charge in [0.1, 0.15) is 0 Å². The van der Waals surface area contributed by atoms with Crippen molar-refractivity contribution in [3.05, 3.63) is 30.3 Å². The topological polar surface area (TPSA) is 32.3 Å². The molecule has 0 bridgehead atoms. The summed E-state index contributed by atoms with van der Waals surface area (Å²) in [5, 5.41) is 3.43. The monoisotopic (exact) mass is 244 g/mol. The van der Waals surface area contributed by atoms with Crippen molar-refractivity contribution in [1.29, 1.82) is 0 Å². The first-order valence-electron chi connectivity index (χ1n) is 6.65. The maximum Gasteiger partial charge on any atom is 0.246 e. The third-order valence-corrected chi connectivity index (χ3v) is 4.20. The zero-order chi connectivity index (χ0) is 12.8. The molecule has 0 aromatic heterocycles. The summed E-state index contributed by atoms with van der Waals surface area (Å²) in [5.41, 5.74) is 0.867. The molecule has 3 nitrogen and oxygen atoms in total. The molecule has 0 radical (unpaired) electrons. The SMILES string of the molecule is CC1(C)NCC2(CC2)CN(c2ccccc2)C1=O. The number of anilines is 1. The molecule has 2 aliphatic rings. The molecule has 1 spiro atoms. The van der Waals surface area contributed by atoms with E-state index >= 15 is 0 Å². The molecule has 18 heavy (non-hydrogen) atoms. The van der Waals surface area contributed by atoms with E-state index in [9.17, 15) is 4.79 Å². The molecule has 1 aliphatic carbocycles. The molecule has 1 aromatic rings. The van der Waals surface area contributed by atoms with E-state index in [2.05, 4.69) is 5.32 Å². The number of hydrogen-bond acceptors (Lipinski definition) is 2. The predicted molar refractivity (Wildman–Crippen MR) is 72.5 cm³/mol. The van der Waals surface area contributed by atoms with Crippen LogP contribution >= 0.6 is 0 Å². The number of nitrogens with one attached hydrogen (secondary N) is 1. The molecule has 0 unspecified atom stereocenters. The Morgan fingerprint density at radius 3 is 2.44 bits per heavy atom. The maximum absolute atomic E-state index is 12.6. The van der Waals surface area contributed by atoms with Crippen LogP contribution in [0.25, 0.3) is 0 Å². The molecular weight excluding hydrogens is 224 g/mol. The van der Waals surface area contributed by atoms with Gasteiger partial charge in [-0.1, -0.05) is 18.2 Å². The van der Waals surface area contributed by atoms with Crippen LogP contribution in [0.5, 0.6) is 0 Å². The highest BCUT2D eigenvalue weighted by molar-refractivity contribution is 6.00. The molecule has 1 aliphatic heterocycles. The molecule has 96 valence electrons. The Kier molecular flexibility index (Phi) is 2.49. The molecule has 2 fully saturated rings. The van der Waals surface area contributed by atoms with Crippen molar-refractivity contribution in [3.8, 4) is 0 Å². The second-order valence-electron chi connectivity index (χ2n) is 6.21. The van der Waals surface area contributed by atoms with Gasteiger partial charge in [-0.05, 0) is 38.8 Å². The quantitative estimate of drug-likeness (QED) is 0.821. The fraction of sp³-hybridized carbons (Fsp3) is 0.533. The molecule has 1 saturated heterocycles. The third kappa shape index (κ3) is 1.93. The summed E-state index contributed by atoms with van der Waals surface area (Å²) in [6.45, 7) is 5.76. The average molecular weight is 244 g/mol. The molecule has 1 N–H and O–H groups in total. The highest BCUT2D eigenvalue weighted by Gasteiger charge is 2.50. The van der Waals surface area contributed by atoms with Crippen LogP contribution in [0.4, 0.5) is 5.69 Å². The number of hydrogen-bond donors (Lipinski definition) is 1. The predicted octanol–water partition coefficient (Wildman–Crippen LogP) is 2.18. The molecular formula is C15H20N2O. The zero-order valence-electron chi connectivity index (χ0n) is 11.1. The first kappa shape index (κ1) is 11.7. The number of para-hydroxylation sites is 1. The van der Waals surface area contributed by atoms with Crippen molar-refractivity contribution in [2.75, 3.05) is 18.0 Å². The maximum atomic E-state index is 12.6. The average Bonchev–Trinajstić information content (AvgIpc) is 3.15. The summed E-state index contributed by atoms with van der Waals surface area (Å²) >= 11 is 0. The van der Waals surface area contributed by atoms with Gasteiger partial charge in [-0.3, -0.25) is 4.79 Å². The van der Waals surface area contributed by atoms with Gasteiger partial charge in [0.15, 0.2) is 0 Å². The van der Waals surface area contributed by atoms with Crippen LogP contribution in [0.15, 0.2) is 30.3 Å². The fourth-order valence-electron chi connectivity index (χ4n) is 2.61. The van der Waals surface area contributed by atoms with Gasteiger partial charge in [0.25, 0.3) is 0 Å². The summed E-state index contributed by atoms with van der Waals surface area (Å²) in [7, 11) is 0. The van der Waals surface area contributed by atoms with Crippen LogP contribution < -0.4 is 10.2 Å². The van der Waals surface area contributed by atoms with Gasteiger partial charge in [0.05, 0.1) is 5.54 Å². The van der Waals surface area contributed by atoms with E-state index in [0.717, 1.165) is 18.8 Å².